The van der Waals surface area contributed by atoms with E-state index in [1.165, 1.54) is 38.5 Å². The quantitative estimate of drug-likeness (QED) is 0.526. The largest absolute Gasteiger partial charge is 0.378 e. The third-order valence-electron chi connectivity index (χ3n) is 4.67. The zero-order valence-corrected chi connectivity index (χ0v) is 12.9. The molecule has 0 amide bonds. The maximum Gasteiger partial charge on any atom is 0.100 e. The van der Waals surface area contributed by atoms with E-state index in [9.17, 15) is 4.39 Å². The van der Waals surface area contributed by atoms with Crippen LogP contribution < -0.4 is 0 Å². The van der Waals surface area contributed by atoms with Gasteiger partial charge in [0.05, 0.1) is 6.10 Å². The summed E-state index contributed by atoms with van der Waals surface area (Å²) in [6.45, 7) is 3.12. The summed E-state index contributed by atoms with van der Waals surface area (Å²) in [5.41, 5.74) is 0. The maximum absolute atomic E-state index is 13.1. The summed E-state index contributed by atoms with van der Waals surface area (Å²) >= 11 is 0. The molecule has 0 atom stereocenters. The summed E-state index contributed by atoms with van der Waals surface area (Å²) in [7, 11) is 0. The van der Waals surface area contributed by atoms with E-state index in [0.29, 0.717) is 17.9 Å². The van der Waals surface area contributed by atoms with Crippen LogP contribution in [0.3, 0.4) is 0 Å². The molecule has 20 heavy (non-hydrogen) atoms. The van der Waals surface area contributed by atoms with Gasteiger partial charge in [-0.3, -0.25) is 0 Å². The van der Waals surface area contributed by atoms with Gasteiger partial charge in [-0.05, 0) is 57.8 Å². The van der Waals surface area contributed by atoms with Gasteiger partial charge >= 0.3 is 0 Å². The van der Waals surface area contributed by atoms with Crippen LogP contribution in [0.1, 0.15) is 71.1 Å². The lowest BCUT2D eigenvalue weighted by atomic mass is 9.85. The Bertz CT molecular complexity index is 314. The lowest BCUT2D eigenvalue weighted by molar-refractivity contribution is 0.0216. The molecule has 0 aliphatic heterocycles. The summed E-state index contributed by atoms with van der Waals surface area (Å²) in [5.74, 6) is 7.91. The van der Waals surface area contributed by atoms with Gasteiger partial charge in [0.2, 0.25) is 0 Å². The molecule has 0 spiro atoms. The van der Waals surface area contributed by atoms with Gasteiger partial charge in [-0.15, -0.1) is 0 Å². The van der Waals surface area contributed by atoms with Crippen LogP contribution in [0.15, 0.2) is 0 Å². The fraction of sp³-hybridized carbons (Fsp3) is 0.889. The molecule has 0 bridgehead atoms. The molecule has 0 aromatic heterocycles. The van der Waals surface area contributed by atoms with Gasteiger partial charge in [-0.1, -0.05) is 25.2 Å². The van der Waals surface area contributed by atoms with Crippen LogP contribution in [0, 0.1) is 23.7 Å². The topological polar surface area (TPSA) is 9.23 Å². The lowest BCUT2D eigenvalue weighted by Gasteiger charge is -2.26. The number of rotatable bonds is 4. The third kappa shape index (κ3) is 5.44. The van der Waals surface area contributed by atoms with Crippen molar-refractivity contribution in [3.8, 4) is 11.8 Å². The van der Waals surface area contributed by atoms with E-state index in [4.69, 9.17) is 4.74 Å². The molecule has 0 aromatic carbocycles. The minimum absolute atomic E-state index is 0.459. The highest BCUT2D eigenvalue weighted by Gasteiger charge is 2.21. The first-order valence-corrected chi connectivity index (χ1v) is 8.54. The molecule has 2 fully saturated rings. The van der Waals surface area contributed by atoms with E-state index in [2.05, 4.69) is 18.8 Å². The Morgan fingerprint density at radius 3 is 2.00 bits per heavy atom. The van der Waals surface area contributed by atoms with Gasteiger partial charge in [0.1, 0.15) is 6.17 Å². The number of unbranched alkanes of at least 4 members (excludes halogenated alkanes) is 1. The highest BCUT2D eigenvalue weighted by atomic mass is 19.1. The molecule has 114 valence electrons. The maximum atomic E-state index is 13.1. The fourth-order valence-corrected chi connectivity index (χ4v) is 3.20. The van der Waals surface area contributed by atoms with Crippen molar-refractivity contribution >= 4 is 0 Å². The number of hydrogen-bond acceptors (Lipinski definition) is 1. The Hall–Kier alpha value is -0.550. The van der Waals surface area contributed by atoms with Crippen LogP contribution in [0.5, 0.6) is 0 Å². The van der Waals surface area contributed by atoms with Crippen molar-refractivity contribution in [1.82, 2.24) is 0 Å². The predicted molar refractivity (Wildman–Crippen MR) is 81.2 cm³/mol. The van der Waals surface area contributed by atoms with Crippen molar-refractivity contribution < 1.29 is 9.13 Å². The van der Waals surface area contributed by atoms with Crippen molar-refractivity contribution in [1.29, 1.82) is 0 Å². The smallest absolute Gasteiger partial charge is 0.100 e. The van der Waals surface area contributed by atoms with E-state index in [1.807, 2.05) is 0 Å². The molecule has 2 aliphatic carbocycles. The van der Waals surface area contributed by atoms with Crippen LogP contribution in [0.4, 0.5) is 4.39 Å². The first-order chi connectivity index (χ1) is 9.78. The van der Waals surface area contributed by atoms with E-state index in [-0.39, 0.29) is 0 Å². The minimum atomic E-state index is -0.566. The molecule has 0 unspecified atom stereocenters. The van der Waals surface area contributed by atoms with Crippen molar-refractivity contribution in [2.24, 2.45) is 11.8 Å². The summed E-state index contributed by atoms with van der Waals surface area (Å²) in [4.78, 5) is 0. The number of ether oxygens (including phenoxy) is 1. The summed E-state index contributed by atoms with van der Waals surface area (Å²) in [6.07, 6.45) is 10.4. The van der Waals surface area contributed by atoms with Gasteiger partial charge in [0.15, 0.2) is 0 Å². The molecule has 2 heteroatoms. The highest BCUT2D eigenvalue weighted by Crippen LogP contribution is 2.28. The third-order valence-corrected chi connectivity index (χ3v) is 4.67. The summed E-state index contributed by atoms with van der Waals surface area (Å²) in [6, 6.07) is 0. The SMILES string of the molecule is CCCCOC1CCC(C#CC2CCC(F)CC2)CC1. The molecule has 0 saturated heterocycles. The Balaban J connectivity index is 1.64. The lowest BCUT2D eigenvalue weighted by Crippen LogP contribution is -2.21. The standard InChI is InChI=1S/C18H29FO/c1-2-3-14-20-18-12-8-16(9-13-18)5-4-15-6-10-17(19)11-7-15/h15-18H,2-3,6-14H2,1H3. The molecule has 0 heterocycles. The summed E-state index contributed by atoms with van der Waals surface area (Å²) in [5, 5.41) is 0. The van der Waals surface area contributed by atoms with Crippen LogP contribution in [-0.2, 0) is 4.74 Å². The van der Waals surface area contributed by atoms with Gasteiger partial charge < -0.3 is 4.74 Å². The van der Waals surface area contributed by atoms with Gasteiger partial charge in [0.25, 0.3) is 0 Å². The molecule has 0 aromatic rings. The first-order valence-electron chi connectivity index (χ1n) is 8.54. The summed E-state index contributed by atoms with van der Waals surface area (Å²) < 4.78 is 18.9. The van der Waals surface area contributed by atoms with Crippen LogP contribution in [-0.4, -0.2) is 18.9 Å². The number of alkyl halides is 1. The molecular weight excluding hydrogens is 251 g/mol. The molecule has 2 saturated carbocycles. The minimum Gasteiger partial charge on any atom is -0.378 e. The van der Waals surface area contributed by atoms with Gasteiger partial charge in [-0.2, -0.15) is 0 Å². The number of hydrogen-bond donors (Lipinski definition) is 0. The highest BCUT2D eigenvalue weighted by molar-refractivity contribution is 5.09. The van der Waals surface area contributed by atoms with Crippen LogP contribution in [0.25, 0.3) is 0 Å². The normalized spacial score (nSPS) is 34.3. The second-order valence-electron chi connectivity index (χ2n) is 6.44. The second-order valence-corrected chi connectivity index (χ2v) is 6.44. The van der Waals surface area contributed by atoms with Crippen molar-refractivity contribution in [3.63, 3.8) is 0 Å². The zero-order chi connectivity index (χ0) is 14.2. The Kier molecular flexibility index (Phi) is 6.87. The first kappa shape index (κ1) is 15.8. The zero-order valence-electron chi connectivity index (χ0n) is 12.9. The van der Waals surface area contributed by atoms with Gasteiger partial charge in [0, 0.05) is 18.4 Å². The molecule has 1 nitrogen and oxygen atoms in total. The van der Waals surface area contributed by atoms with E-state index < -0.39 is 6.17 Å². The molecule has 2 aliphatic rings. The van der Waals surface area contributed by atoms with Crippen molar-refractivity contribution in [2.45, 2.75) is 83.4 Å². The van der Waals surface area contributed by atoms with E-state index in [0.717, 1.165) is 32.3 Å². The van der Waals surface area contributed by atoms with Crippen LogP contribution >= 0.6 is 0 Å². The average molecular weight is 280 g/mol. The van der Waals surface area contributed by atoms with E-state index >= 15 is 0 Å². The Morgan fingerprint density at radius 1 is 0.900 bits per heavy atom. The molecule has 0 radical (unpaired) electrons. The van der Waals surface area contributed by atoms with Crippen molar-refractivity contribution in [3.05, 3.63) is 0 Å². The molecule has 0 N–H and O–H groups in total. The Labute approximate surface area is 123 Å². The second kappa shape index (κ2) is 8.67. The van der Waals surface area contributed by atoms with Crippen LogP contribution in [0.2, 0.25) is 0 Å². The molecular formula is C18H29FO. The van der Waals surface area contributed by atoms with E-state index in [1.54, 1.807) is 0 Å². The average Bonchev–Trinajstić information content (AvgIpc) is 2.48. The number of halogens is 1. The predicted octanol–water partition coefficient (Wildman–Crippen LogP) is 4.89. The monoisotopic (exact) mass is 280 g/mol. The fourth-order valence-electron chi connectivity index (χ4n) is 3.20. The van der Waals surface area contributed by atoms with Gasteiger partial charge in [-0.25, -0.2) is 4.39 Å². The Morgan fingerprint density at radius 2 is 1.45 bits per heavy atom. The molecule has 2 rings (SSSR count). The van der Waals surface area contributed by atoms with Crippen molar-refractivity contribution in [2.75, 3.05) is 6.61 Å².